The highest BCUT2D eigenvalue weighted by atomic mass is 16.2. The van der Waals surface area contributed by atoms with Crippen LogP contribution in [0.5, 0.6) is 0 Å². The molecule has 0 atom stereocenters. The maximum Gasteiger partial charge on any atom is 0.223 e. The number of hydrogen-bond acceptors (Lipinski definition) is 3. The summed E-state index contributed by atoms with van der Waals surface area (Å²) in [4.78, 5) is 14.4. The van der Waals surface area contributed by atoms with Gasteiger partial charge in [-0.25, -0.2) is 0 Å². The minimum absolute atomic E-state index is 0.238. The van der Waals surface area contributed by atoms with Crippen LogP contribution in [-0.4, -0.2) is 46.3 Å². The van der Waals surface area contributed by atoms with E-state index >= 15 is 0 Å². The molecule has 19 heavy (non-hydrogen) atoms. The van der Waals surface area contributed by atoms with Crippen LogP contribution in [0.25, 0.3) is 0 Å². The summed E-state index contributed by atoms with van der Waals surface area (Å²) in [5, 5.41) is 7.33. The van der Waals surface area contributed by atoms with Gasteiger partial charge in [-0.05, 0) is 44.8 Å². The number of piperidine rings is 1. The first-order valence-electron chi connectivity index (χ1n) is 7.31. The molecule has 0 unspecified atom stereocenters. The number of amides is 1. The van der Waals surface area contributed by atoms with Gasteiger partial charge in [0.25, 0.3) is 0 Å². The number of nitrogens with zero attached hydrogens (tertiary/aromatic N) is 3. The van der Waals surface area contributed by atoms with Crippen LogP contribution in [-0.2, 0) is 11.3 Å². The third-order valence-electron chi connectivity index (χ3n) is 4.09. The molecular formula is C14H22N4O. The average Bonchev–Trinajstić information content (AvgIpc) is 3.09. The monoisotopic (exact) mass is 262 g/mol. The highest BCUT2D eigenvalue weighted by Crippen LogP contribution is 2.22. The molecule has 5 nitrogen and oxygen atoms in total. The SMILES string of the molecule is O=C(NC1CC1)C1CCN(CCn2cccn2)CC1. The van der Waals surface area contributed by atoms with Gasteiger partial charge in [0, 0.05) is 30.9 Å². The molecule has 2 fully saturated rings. The van der Waals surface area contributed by atoms with Gasteiger partial charge in [-0.2, -0.15) is 5.10 Å². The summed E-state index contributed by atoms with van der Waals surface area (Å²) in [5.74, 6) is 0.524. The van der Waals surface area contributed by atoms with Crippen molar-refractivity contribution in [2.45, 2.75) is 38.3 Å². The largest absolute Gasteiger partial charge is 0.353 e. The van der Waals surface area contributed by atoms with E-state index in [1.165, 1.54) is 12.8 Å². The first-order chi connectivity index (χ1) is 9.31. The zero-order chi connectivity index (χ0) is 13.1. The Morgan fingerprint density at radius 3 is 2.63 bits per heavy atom. The van der Waals surface area contributed by atoms with E-state index in [9.17, 15) is 4.79 Å². The molecule has 3 rings (SSSR count). The fourth-order valence-electron chi connectivity index (χ4n) is 2.64. The van der Waals surface area contributed by atoms with Crippen LogP contribution in [0, 0.1) is 5.92 Å². The molecule has 1 amide bonds. The number of nitrogens with one attached hydrogen (secondary N) is 1. The van der Waals surface area contributed by atoms with Gasteiger partial charge >= 0.3 is 0 Å². The highest BCUT2D eigenvalue weighted by molar-refractivity contribution is 5.79. The van der Waals surface area contributed by atoms with Gasteiger partial charge in [0.05, 0.1) is 6.54 Å². The molecule has 1 aliphatic carbocycles. The fourth-order valence-corrected chi connectivity index (χ4v) is 2.64. The van der Waals surface area contributed by atoms with E-state index < -0.39 is 0 Å². The topological polar surface area (TPSA) is 50.2 Å². The number of carbonyl (C=O) groups excluding carboxylic acids is 1. The van der Waals surface area contributed by atoms with Crippen molar-refractivity contribution in [3.8, 4) is 0 Å². The van der Waals surface area contributed by atoms with Crippen LogP contribution >= 0.6 is 0 Å². The van der Waals surface area contributed by atoms with Crippen LogP contribution < -0.4 is 5.32 Å². The molecule has 1 saturated carbocycles. The molecule has 0 spiro atoms. The Kier molecular flexibility index (Phi) is 3.82. The standard InChI is InChI=1S/C14H22N4O/c19-14(16-13-2-3-13)12-4-8-17(9-5-12)10-11-18-7-1-6-15-18/h1,6-7,12-13H,2-5,8-11H2,(H,16,19). The summed E-state index contributed by atoms with van der Waals surface area (Å²) in [7, 11) is 0. The van der Waals surface area contributed by atoms with Gasteiger partial charge in [0.2, 0.25) is 5.91 Å². The van der Waals surface area contributed by atoms with E-state index in [1.807, 2.05) is 23.1 Å². The van der Waals surface area contributed by atoms with E-state index in [4.69, 9.17) is 0 Å². The maximum atomic E-state index is 12.0. The predicted molar refractivity (Wildman–Crippen MR) is 72.6 cm³/mol. The molecule has 0 radical (unpaired) electrons. The molecule has 1 saturated heterocycles. The minimum atomic E-state index is 0.238. The Bertz CT molecular complexity index is 405. The molecule has 1 aromatic rings. The summed E-state index contributed by atoms with van der Waals surface area (Å²) >= 11 is 0. The zero-order valence-electron chi connectivity index (χ0n) is 11.3. The molecule has 0 bridgehead atoms. The van der Waals surface area contributed by atoms with Crippen molar-refractivity contribution in [3.63, 3.8) is 0 Å². The van der Waals surface area contributed by atoms with Gasteiger partial charge < -0.3 is 10.2 Å². The van der Waals surface area contributed by atoms with Gasteiger partial charge in [-0.1, -0.05) is 0 Å². The molecule has 1 aliphatic heterocycles. The zero-order valence-corrected chi connectivity index (χ0v) is 11.3. The molecule has 104 valence electrons. The lowest BCUT2D eigenvalue weighted by Crippen LogP contribution is -2.42. The lowest BCUT2D eigenvalue weighted by atomic mass is 9.96. The Hall–Kier alpha value is -1.36. The molecular weight excluding hydrogens is 240 g/mol. The Morgan fingerprint density at radius 1 is 1.21 bits per heavy atom. The molecule has 1 N–H and O–H groups in total. The third kappa shape index (κ3) is 3.56. The van der Waals surface area contributed by atoms with Crippen LogP contribution in [0.2, 0.25) is 0 Å². The van der Waals surface area contributed by atoms with Crippen molar-refractivity contribution in [1.82, 2.24) is 20.0 Å². The number of carbonyl (C=O) groups is 1. The summed E-state index contributed by atoms with van der Waals surface area (Å²) in [5.41, 5.74) is 0. The number of hydrogen-bond donors (Lipinski definition) is 1. The lowest BCUT2D eigenvalue weighted by molar-refractivity contribution is -0.126. The third-order valence-corrected chi connectivity index (χ3v) is 4.09. The van der Waals surface area contributed by atoms with Gasteiger partial charge in [0.15, 0.2) is 0 Å². The van der Waals surface area contributed by atoms with E-state index in [1.54, 1.807) is 0 Å². The minimum Gasteiger partial charge on any atom is -0.353 e. The van der Waals surface area contributed by atoms with E-state index in [0.29, 0.717) is 6.04 Å². The first kappa shape index (κ1) is 12.7. The number of likely N-dealkylation sites (tertiary alicyclic amines) is 1. The summed E-state index contributed by atoms with van der Waals surface area (Å²) in [6.07, 6.45) is 8.16. The van der Waals surface area contributed by atoms with Crippen molar-refractivity contribution in [2.75, 3.05) is 19.6 Å². The molecule has 2 aliphatic rings. The van der Waals surface area contributed by atoms with E-state index in [-0.39, 0.29) is 11.8 Å². The van der Waals surface area contributed by atoms with Crippen LogP contribution in [0.4, 0.5) is 0 Å². The lowest BCUT2D eigenvalue weighted by Gasteiger charge is -2.31. The quantitative estimate of drug-likeness (QED) is 0.857. The second-order valence-corrected chi connectivity index (χ2v) is 5.67. The average molecular weight is 262 g/mol. The Labute approximate surface area is 114 Å². The number of aromatic nitrogens is 2. The van der Waals surface area contributed by atoms with E-state index in [2.05, 4.69) is 15.3 Å². The Balaban J connectivity index is 1.37. The van der Waals surface area contributed by atoms with Crippen molar-refractivity contribution in [1.29, 1.82) is 0 Å². The maximum absolute atomic E-state index is 12.0. The Morgan fingerprint density at radius 2 is 2.00 bits per heavy atom. The van der Waals surface area contributed by atoms with Crippen molar-refractivity contribution < 1.29 is 4.79 Å². The summed E-state index contributed by atoms with van der Waals surface area (Å²) in [6, 6.07) is 2.44. The molecule has 1 aromatic heterocycles. The smallest absolute Gasteiger partial charge is 0.223 e. The fraction of sp³-hybridized carbons (Fsp3) is 0.714. The van der Waals surface area contributed by atoms with Crippen molar-refractivity contribution in [3.05, 3.63) is 18.5 Å². The molecule has 0 aromatic carbocycles. The van der Waals surface area contributed by atoms with Gasteiger partial charge in [0.1, 0.15) is 0 Å². The van der Waals surface area contributed by atoms with Gasteiger partial charge in [-0.15, -0.1) is 0 Å². The van der Waals surface area contributed by atoms with Crippen LogP contribution in [0.3, 0.4) is 0 Å². The number of rotatable bonds is 5. The van der Waals surface area contributed by atoms with Gasteiger partial charge in [-0.3, -0.25) is 9.48 Å². The van der Waals surface area contributed by atoms with Crippen LogP contribution in [0.1, 0.15) is 25.7 Å². The summed E-state index contributed by atoms with van der Waals surface area (Å²) < 4.78 is 1.96. The normalized spacial score (nSPS) is 21.5. The second-order valence-electron chi connectivity index (χ2n) is 5.67. The van der Waals surface area contributed by atoms with E-state index in [0.717, 1.165) is 39.0 Å². The molecule has 5 heteroatoms. The first-order valence-corrected chi connectivity index (χ1v) is 7.31. The van der Waals surface area contributed by atoms with Crippen molar-refractivity contribution in [2.24, 2.45) is 5.92 Å². The second kappa shape index (κ2) is 5.74. The van der Waals surface area contributed by atoms with Crippen LogP contribution in [0.15, 0.2) is 18.5 Å². The summed E-state index contributed by atoms with van der Waals surface area (Å²) in [6.45, 7) is 4.03. The van der Waals surface area contributed by atoms with Crippen molar-refractivity contribution >= 4 is 5.91 Å². The predicted octanol–water partition coefficient (Wildman–Crippen LogP) is 0.874. The highest BCUT2D eigenvalue weighted by Gasteiger charge is 2.29. The molecule has 2 heterocycles.